The van der Waals surface area contributed by atoms with E-state index in [0.717, 1.165) is 22.6 Å². The maximum atomic E-state index is 4.52. The molecule has 0 spiro atoms. The standard InChI is InChI=1S/C17H16N4/c1-12-6-7-13(2)16(11-12)21-17-19-10-8-15(20-17)14-5-3-4-9-18-14/h3-11H,1-2H3,(H,19,20,21). The van der Waals surface area contributed by atoms with Crippen LogP contribution in [0.2, 0.25) is 0 Å². The van der Waals surface area contributed by atoms with Gasteiger partial charge in [-0.25, -0.2) is 9.97 Å². The smallest absolute Gasteiger partial charge is 0.227 e. The maximum absolute atomic E-state index is 4.52. The molecule has 0 aliphatic heterocycles. The lowest BCUT2D eigenvalue weighted by molar-refractivity contribution is 1.15. The SMILES string of the molecule is Cc1ccc(C)c(Nc2nccc(-c3ccccn3)n2)c1. The monoisotopic (exact) mass is 276 g/mol. The van der Waals surface area contributed by atoms with Crippen molar-refractivity contribution < 1.29 is 0 Å². The molecule has 21 heavy (non-hydrogen) atoms. The van der Waals surface area contributed by atoms with Gasteiger partial charge in [0.1, 0.15) is 0 Å². The summed E-state index contributed by atoms with van der Waals surface area (Å²) in [5.74, 6) is 0.576. The topological polar surface area (TPSA) is 50.7 Å². The van der Waals surface area contributed by atoms with Gasteiger partial charge in [-0.3, -0.25) is 4.98 Å². The van der Waals surface area contributed by atoms with Gasteiger partial charge in [-0.2, -0.15) is 0 Å². The van der Waals surface area contributed by atoms with E-state index >= 15 is 0 Å². The van der Waals surface area contributed by atoms with Gasteiger partial charge in [0, 0.05) is 18.1 Å². The Bertz CT molecular complexity index is 754. The average molecular weight is 276 g/mol. The molecule has 2 aromatic heterocycles. The van der Waals surface area contributed by atoms with Gasteiger partial charge >= 0.3 is 0 Å². The molecule has 0 radical (unpaired) electrons. The third kappa shape index (κ3) is 3.05. The quantitative estimate of drug-likeness (QED) is 0.788. The van der Waals surface area contributed by atoms with E-state index in [1.165, 1.54) is 5.56 Å². The number of nitrogens with zero attached hydrogens (tertiary/aromatic N) is 3. The van der Waals surface area contributed by atoms with E-state index in [0.29, 0.717) is 5.95 Å². The number of pyridine rings is 1. The first-order valence-electron chi connectivity index (χ1n) is 6.81. The number of anilines is 2. The van der Waals surface area contributed by atoms with Crippen molar-refractivity contribution in [3.63, 3.8) is 0 Å². The molecule has 0 saturated heterocycles. The molecule has 0 fully saturated rings. The number of hydrogen-bond acceptors (Lipinski definition) is 4. The lowest BCUT2D eigenvalue weighted by Crippen LogP contribution is -2.00. The summed E-state index contributed by atoms with van der Waals surface area (Å²) in [6.07, 6.45) is 3.50. The Morgan fingerprint density at radius 1 is 0.857 bits per heavy atom. The number of nitrogens with one attached hydrogen (secondary N) is 1. The van der Waals surface area contributed by atoms with Gasteiger partial charge < -0.3 is 5.32 Å². The van der Waals surface area contributed by atoms with Crippen LogP contribution in [-0.4, -0.2) is 15.0 Å². The second kappa shape index (κ2) is 5.71. The van der Waals surface area contributed by atoms with Crippen molar-refractivity contribution in [2.45, 2.75) is 13.8 Å². The molecule has 1 N–H and O–H groups in total. The predicted molar refractivity (Wildman–Crippen MR) is 84.5 cm³/mol. The Kier molecular flexibility index (Phi) is 3.60. The summed E-state index contributed by atoms with van der Waals surface area (Å²) < 4.78 is 0. The Labute approximate surface area is 123 Å². The molecule has 0 saturated carbocycles. The van der Waals surface area contributed by atoms with Crippen LogP contribution in [0, 0.1) is 13.8 Å². The summed E-state index contributed by atoms with van der Waals surface area (Å²) in [5, 5.41) is 3.27. The Morgan fingerprint density at radius 2 is 1.76 bits per heavy atom. The Hall–Kier alpha value is -2.75. The molecule has 3 rings (SSSR count). The Morgan fingerprint density at radius 3 is 2.57 bits per heavy atom. The van der Waals surface area contributed by atoms with Crippen LogP contribution in [0.15, 0.2) is 54.9 Å². The highest BCUT2D eigenvalue weighted by atomic mass is 15.1. The lowest BCUT2D eigenvalue weighted by Gasteiger charge is -2.09. The van der Waals surface area contributed by atoms with Gasteiger partial charge in [0.25, 0.3) is 0 Å². The van der Waals surface area contributed by atoms with Crippen LogP contribution < -0.4 is 5.32 Å². The van der Waals surface area contributed by atoms with Crippen LogP contribution in [0.3, 0.4) is 0 Å². The summed E-state index contributed by atoms with van der Waals surface area (Å²) in [6, 6.07) is 13.9. The van der Waals surface area contributed by atoms with E-state index in [-0.39, 0.29) is 0 Å². The number of aromatic nitrogens is 3. The van der Waals surface area contributed by atoms with Gasteiger partial charge in [-0.1, -0.05) is 18.2 Å². The summed E-state index contributed by atoms with van der Waals surface area (Å²) in [7, 11) is 0. The van der Waals surface area contributed by atoms with E-state index in [1.54, 1.807) is 12.4 Å². The molecule has 0 unspecified atom stereocenters. The third-order valence-corrected chi connectivity index (χ3v) is 3.22. The zero-order chi connectivity index (χ0) is 14.7. The van der Waals surface area contributed by atoms with Crippen LogP contribution in [0.5, 0.6) is 0 Å². The normalized spacial score (nSPS) is 10.4. The minimum Gasteiger partial charge on any atom is -0.324 e. The summed E-state index contributed by atoms with van der Waals surface area (Å²) in [6.45, 7) is 4.13. The molecule has 0 amide bonds. The molecule has 0 aliphatic carbocycles. The van der Waals surface area contributed by atoms with Crippen molar-refractivity contribution in [1.29, 1.82) is 0 Å². The van der Waals surface area contributed by atoms with Crippen molar-refractivity contribution in [2.24, 2.45) is 0 Å². The van der Waals surface area contributed by atoms with E-state index < -0.39 is 0 Å². The van der Waals surface area contributed by atoms with Crippen molar-refractivity contribution >= 4 is 11.6 Å². The van der Waals surface area contributed by atoms with Crippen molar-refractivity contribution in [3.05, 3.63) is 66.0 Å². The van der Waals surface area contributed by atoms with Gasteiger partial charge in [-0.05, 0) is 49.2 Å². The molecular formula is C17H16N4. The average Bonchev–Trinajstić information content (AvgIpc) is 2.52. The van der Waals surface area contributed by atoms with Crippen molar-refractivity contribution in [3.8, 4) is 11.4 Å². The zero-order valence-corrected chi connectivity index (χ0v) is 12.0. The highest BCUT2D eigenvalue weighted by Crippen LogP contribution is 2.21. The van der Waals surface area contributed by atoms with Gasteiger partial charge in [-0.15, -0.1) is 0 Å². The number of hydrogen-bond donors (Lipinski definition) is 1. The molecular weight excluding hydrogens is 260 g/mol. The summed E-state index contributed by atoms with van der Waals surface area (Å²) >= 11 is 0. The first kappa shape index (κ1) is 13.2. The molecule has 0 atom stereocenters. The van der Waals surface area contributed by atoms with Gasteiger partial charge in [0.05, 0.1) is 11.4 Å². The molecule has 104 valence electrons. The van der Waals surface area contributed by atoms with E-state index in [4.69, 9.17) is 0 Å². The van der Waals surface area contributed by atoms with Crippen LogP contribution in [0.4, 0.5) is 11.6 Å². The second-order valence-corrected chi connectivity index (χ2v) is 4.92. The first-order valence-corrected chi connectivity index (χ1v) is 6.81. The summed E-state index contributed by atoms with van der Waals surface area (Å²) in [4.78, 5) is 13.1. The minimum absolute atomic E-state index is 0.576. The van der Waals surface area contributed by atoms with Crippen molar-refractivity contribution in [2.75, 3.05) is 5.32 Å². The highest BCUT2D eigenvalue weighted by molar-refractivity contribution is 5.61. The van der Waals surface area contributed by atoms with E-state index in [9.17, 15) is 0 Å². The maximum Gasteiger partial charge on any atom is 0.227 e. The van der Waals surface area contributed by atoms with Gasteiger partial charge in [0.2, 0.25) is 5.95 Å². The second-order valence-electron chi connectivity index (χ2n) is 4.92. The highest BCUT2D eigenvalue weighted by Gasteiger charge is 2.05. The molecule has 4 heteroatoms. The molecule has 2 heterocycles. The summed E-state index contributed by atoms with van der Waals surface area (Å²) in [5.41, 5.74) is 5.02. The number of aryl methyl sites for hydroxylation is 2. The van der Waals surface area contributed by atoms with E-state index in [1.807, 2.05) is 24.3 Å². The molecule has 3 aromatic rings. The van der Waals surface area contributed by atoms with Crippen LogP contribution >= 0.6 is 0 Å². The van der Waals surface area contributed by atoms with Gasteiger partial charge in [0.15, 0.2) is 0 Å². The van der Waals surface area contributed by atoms with Crippen LogP contribution in [0.25, 0.3) is 11.4 Å². The Balaban J connectivity index is 1.92. The molecule has 0 bridgehead atoms. The predicted octanol–water partition coefficient (Wildman–Crippen LogP) is 3.90. The fourth-order valence-corrected chi connectivity index (χ4v) is 2.07. The van der Waals surface area contributed by atoms with Crippen LogP contribution in [-0.2, 0) is 0 Å². The number of benzene rings is 1. The van der Waals surface area contributed by atoms with Crippen LogP contribution in [0.1, 0.15) is 11.1 Å². The van der Waals surface area contributed by atoms with E-state index in [2.05, 4.69) is 52.3 Å². The number of rotatable bonds is 3. The lowest BCUT2D eigenvalue weighted by atomic mass is 10.1. The zero-order valence-electron chi connectivity index (χ0n) is 12.0. The molecule has 1 aromatic carbocycles. The fraction of sp³-hybridized carbons (Fsp3) is 0.118. The fourth-order valence-electron chi connectivity index (χ4n) is 2.07. The minimum atomic E-state index is 0.576. The largest absolute Gasteiger partial charge is 0.324 e. The first-order chi connectivity index (χ1) is 10.2. The molecule has 4 nitrogen and oxygen atoms in total. The third-order valence-electron chi connectivity index (χ3n) is 3.22. The molecule has 0 aliphatic rings. The van der Waals surface area contributed by atoms with Crippen molar-refractivity contribution in [1.82, 2.24) is 15.0 Å².